The number of hydrogen-bond acceptors (Lipinski definition) is 8. The van der Waals surface area contributed by atoms with Crippen molar-refractivity contribution in [2.24, 2.45) is 17.6 Å². The topological polar surface area (TPSA) is 135 Å². The third kappa shape index (κ3) is 3.07. The fourth-order valence-electron chi connectivity index (χ4n) is 4.58. The van der Waals surface area contributed by atoms with Crippen LogP contribution in [0, 0.1) is 11.8 Å². The second-order valence-electron chi connectivity index (χ2n) is 7.79. The molecule has 0 saturated carbocycles. The first-order valence-corrected chi connectivity index (χ1v) is 11.7. The Morgan fingerprint density at radius 3 is 2.73 bits per heavy atom. The Hall–Kier alpha value is -1.92. The van der Waals surface area contributed by atoms with Gasteiger partial charge in [0, 0.05) is 17.9 Å². The number of thioether (sulfide) groups is 1. The van der Waals surface area contributed by atoms with Gasteiger partial charge in [0.25, 0.3) is 6.33 Å². The van der Waals surface area contributed by atoms with E-state index in [1.807, 2.05) is 34.7 Å². The van der Waals surface area contributed by atoms with Gasteiger partial charge in [-0.05, 0) is 13.2 Å². The second kappa shape index (κ2) is 7.65. The Kier molecular flexibility index (Phi) is 5.43. The minimum absolute atomic E-state index is 0.0938. The SMILES string of the molecule is CSc1c2sc(C3=C(C(=O)[O-])N4C(=O)[C@H]([C@@H](C)O)[C@H]4[C@H]3C)cn2c[n+]1CC[C@@H](N)O. The monoisotopic (exact) mass is 452 g/mol. The first kappa shape index (κ1) is 21.3. The van der Waals surface area contributed by atoms with Gasteiger partial charge in [0.2, 0.25) is 15.8 Å². The van der Waals surface area contributed by atoms with Crippen LogP contribution in [0.1, 0.15) is 25.1 Å². The van der Waals surface area contributed by atoms with E-state index < -0.39 is 24.2 Å². The Morgan fingerprint density at radius 2 is 2.17 bits per heavy atom. The maximum Gasteiger partial charge on any atom is 0.250 e. The number of rotatable bonds is 7. The number of carboxylic acid groups (broad SMARTS) is 1. The zero-order chi connectivity index (χ0) is 21.9. The molecule has 1 amide bonds. The molecule has 5 atom stereocenters. The summed E-state index contributed by atoms with van der Waals surface area (Å²) in [6.07, 6.45) is 4.38. The highest BCUT2D eigenvalue weighted by molar-refractivity contribution is 7.98. The number of thiazole rings is 1. The van der Waals surface area contributed by atoms with Crippen molar-refractivity contribution < 1.29 is 29.5 Å². The largest absolute Gasteiger partial charge is 0.543 e. The molecule has 4 N–H and O–H groups in total. The van der Waals surface area contributed by atoms with E-state index in [-0.39, 0.29) is 23.6 Å². The maximum absolute atomic E-state index is 12.5. The third-order valence-corrected chi connectivity index (χ3v) is 7.98. The van der Waals surface area contributed by atoms with Crippen LogP contribution in [0.25, 0.3) is 10.4 Å². The number of carbonyl (C=O) groups is 2. The number of fused-ring (bicyclic) bond motifs is 2. The molecular weight excluding hydrogens is 428 g/mol. The minimum Gasteiger partial charge on any atom is -0.543 e. The van der Waals surface area contributed by atoms with Gasteiger partial charge in [0.1, 0.15) is 12.4 Å². The number of aromatic nitrogens is 2. The molecule has 0 unspecified atom stereocenters. The molecule has 4 heterocycles. The fraction of sp³-hybridized carbons (Fsp3) is 0.526. The van der Waals surface area contributed by atoms with Crippen LogP contribution in [0.5, 0.6) is 0 Å². The summed E-state index contributed by atoms with van der Waals surface area (Å²) >= 11 is 3.00. The summed E-state index contributed by atoms with van der Waals surface area (Å²) in [5, 5.41) is 32.3. The first-order chi connectivity index (χ1) is 14.2. The number of imidazole rings is 1. The molecular formula is C19H24N4O5S2. The van der Waals surface area contributed by atoms with E-state index in [4.69, 9.17) is 5.73 Å². The van der Waals surface area contributed by atoms with Gasteiger partial charge in [-0.2, -0.15) is 4.40 Å². The number of β-lactam (4-membered cyclic amide) rings is 1. The summed E-state index contributed by atoms with van der Waals surface area (Å²) in [4.78, 5) is 27.4. The number of aliphatic hydroxyl groups excluding tert-OH is 2. The number of aliphatic carboxylic acids is 1. The van der Waals surface area contributed by atoms with Gasteiger partial charge in [0.05, 0.1) is 41.2 Å². The number of hydrogen-bond donors (Lipinski definition) is 3. The fourth-order valence-corrected chi connectivity index (χ4v) is 6.78. The van der Waals surface area contributed by atoms with Crippen molar-refractivity contribution in [1.29, 1.82) is 0 Å². The predicted octanol–water partition coefficient (Wildman–Crippen LogP) is -1.00. The van der Waals surface area contributed by atoms with Crippen molar-refractivity contribution in [3.63, 3.8) is 0 Å². The number of carboxylic acids is 1. The van der Waals surface area contributed by atoms with Crippen molar-refractivity contribution in [2.45, 2.75) is 50.2 Å². The van der Waals surface area contributed by atoms with Gasteiger partial charge in [-0.15, -0.1) is 0 Å². The normalized spacial score (nSPS) is 25.6. The third-order valence-electron chi connectivity index (χ3n) is 5.90. The van der Waals surface area contributed by atoms with Gasteiger partial charge in [-0.3, -0.25) is 4.79 Å². The summed E-state index contributed by atoms with van der Waals surface area (Å²) in [5.41, 5.74) is 5.93. The van der Waals surface area contributed by atoms with Gasteiger partial charge in [-0.1, -0.05) is 30.0 Å². The van der Waals surface area contributed by atoms with Crippen molar-refractivity contribution in [2.75, 3.05) is 6.26 Å². The summed E-state index contributed by atoms with van der Waals surface area (Å²) < 4.78 is 3.92. The lowest BCUT2D eigenvalue weighted by molar-refractivity contribution is -0.730. The lowest BCUT2D eigenvalue weighted by Gasteiger charge is -2.47. The van der Waals surface area contributed by atoms with E-state index >= 15 is 0 Å². The summed E-state index contributed by atoms with van der Waals surface area (Å²) in [5.74, 6) is -2.60. The lowest BCUT2D eigenvalue weighted by Crippen LogP contribution is -2.64. The molecule has 0 radical (unpaired) electrons. The number of aliphatic hydroxyl groups is 2. The van der Waals surface area contributed by atoms with Crippen LogP contribution < -0.4 is 15.4 Å². The van der Waals surface area contributed by atoms with Gasteiger partial charge >= 0.3 is 0 Å². The molecule has 0 aromatic carbocycles. The van der Waals surface area contributed by atoms with Crippen molar-refractivity contribution >= 4 is 45.4 Å². The molecule has 0 aliphatic carbocycles. The van der Waals surface area contributed by atoms with Crippen LogP contribution in [0.3, 0.4) is 0 Å². The molecule has 1 fully saturated rings. The molecule has 0 bridgehead atoms. The van der Waals surface area contributed by atoms with Crippen LogP contribution in [0.2, 0.25) is 0 Å². The number of aryl methyl sites for hydroxylation is 1. The van der Waals surface area contributed by atoms with Crippen LogP contribution in [0.15, 0.2) is 23.2 Å². The van der Waals surface area contributed by atoms with E-state index in [2.05, 4.69) is 0 Å². The molecule has 11 heteroatoms. The lowest BCUT2D eigenvalue weighted by atomic mass is 9.77. The van der Waals surface area contributed by atoms with Crippen molar-refractivity contribution in [3.8, 4) is 0 Å². The van der Waals surface area contributed by atoms with Crippen molar-refractivity contribution in [3.05, 3.63) is 23.1 Å². The Labute approximate surface area is 181 Å². The van der Waals surface area contributed by atoms with Crippen molar-refractivity contribution in [1.82, 2.24) is 9.30 Å². The van der Waals surface area contributed by atoms with E-state index in [0.29, 0.717) is 18.5 Å². The first-order valence-electron chi connectivity index (χ1n) is 9.66. The zero-order valence-corrected chi connectivity index (χ0v) is 18.4. The average molecular weight is 453 g/mol. The quantitative estimate of drug-likeness (QED) is 0.212. The number of amides is 1. The van der Waals surface area contributed by atoms with Gasteiger partial charge < -0.3 is 30.7 Å². The smallest absolute Gasteiger partial charge is 0.250 e. The van der Waals surface area contributed by atoms with Crippen LogP contribution in [0.4, 0.5) is 0 Å². The Bertz CT molecular complexity index is 1060. The minimum atomic E-state index is -1.38. The predicted molar refractivity (Wildman–Crippen MR) is 109 cm³/mol. The highest BCUT2D eigenvalue weighted by Gasteiger charge is 2.59. The van der Waals surface area contributed by atoms with Crippen LogP contribution in [-0.2, 0) is 16.1 Å². The van der Waals surface area contributed by atoms with Crippen LogP contribution >= 0.6 is 23.1 Å². The highest BCUT2D eigenvalue weighted by Crippen LogP contribution is 2.51. The van der Waals surface area contributed by atoms with Gasteiger partial charge in [0.15, 0.2) is 0 Å². The molecule has 0 spiro atoms. The highest BCUT2D eigenvalue weighted by atomic mass is 32.2. The molecule has 9 nitrogen and oxygen atoms in total. The standard InChI is InChI=1S/C19H24N4O5S2/c1-8-12(15(19(27)28)23-14(8)13(9(2)24)16(23)26)10-6-22-7-21(5-4-11(20)25)17(29-3)18(22)30-10/h6-9,11,13-14,24-25H,4-5,20H2,1-3H3/t8-,9+,11-,13+,14+/m0/s1. The molecule has 2 aromatic rings. The number of nitrogens with two attached hydrogens (primary N) is 1. The summed E-state index contributed by atoms with van der Waals surface area (Å²) in [7, 11) is 0. The molecule has 2 aromatic heterocycles. The summed E-state index contributed by atoms with van der Waals surface area (Å²) in [6, 6.07) is -0.377. The van der Waals surface area contributed by atoms with E-state index in [1.54, 1.807) is 18.7 Å². The van der Waals surface area contributed by atoms with E-state index in [0.717, 1.165) is 14.7 Å². The van der Waals surface area contributed by atoms with E-state index in [9.17, 15) is 24.9 Å². The maximum atomic E-state index is 12.5. The molecule has 4 rings (SSSR count). The Balaban J connectivity index is 1.77. The molecule has 2 aliphatic rings. The average Bonchev–Trinajstić information content (AvgIpc) is 3.26. The molecule has 2 aliphatic heterocycles. The Morgan fingerprint density at radius 1 is 1.47 bits per heavy atom. The van der Waals surface area contributed by atoms with Gasteiger partial charge in [-0.25, -0.2) is 4.57 Å². The molecule has 1 saturated heterocycles. The van der Waals surface area contributed by atoms with Crippen LogP contribution in [-0.4, -0.2) is 56.0 Å². The van der Waals surface area contributed by atoms with E-state index in [1.165, 1.54) is 16.2 Å². The summed E-state index contributed by atoms with van der Waals surface area (Å²) in [6.45, 7) is 4.00. The number of nitrogens with zero attached hydrogens (tertiary/aromatic N) is 3. The second-order valence-corrected chi connectivity index (χ2v) is 9.61. The molecule has 162 valence electrons. The zero-order valence-electron chi connectivity index (χ0n) is 16.8. The molecule has 30 heavy (non-hydrogen) atoms. The number of carbonyl (C=O) groups excluding carboxylic acids is 2.